The van der Waals surface area contributed by atoms with E-state index in [1.54, 1.807) is 14.2 Å². The maximum atomic E-state index is 5.84. The van der Waals surface area contributed by atoms with E-state index < -0.39 is 0 Å². The Labute approximate surface area is 132 Å². The molecule has 0 aliphatic rings. The number of benzene rings is 1. The summed E-state index contributed by atoms with van der Waals surface area (Å²) in [6.07, 6.45) is -0.00227. The maximum Gasteiger partial charge on any atom is 0.191 e. The van der Waals surface area contributed by atoms with Crippen LogP contribution in [-0.4, -0.2) is 52.5 Å². The van der Waals surface area contributed by atoms with Crippen molar-refractivity contribution in [3.8, 4) is 11.5 Å². The molecule has 0 amide bonds. The molecule has 0 aromatic heterocycles. The summed E-state index contributed by atoms with van der Waals surface area (Å²) in [5.74, 6) is 2.31. The number of hydrogen-bond acceptors (Lipinski definition) is 4. The fourth-order valence-electron chi connectivity index (χ4n) is 1.80. The second kappa shape index (κ2) is 10.7. The Morgan fingerprint density at radius 2 is 2.05 bits per heavy atom. The first-order valence-electron chi connectivity index (χ1n) is 7.52. The number of guanidine groups is 1. The average Bonchev–Trinajstić information content (AvgIpc) is 2.54. The summed E-state index contributed by atoms with van der Waals surface area (Å²) in [5, 5.41) is 6.40. The van der Waals surface area contributed by atoms with Gasteiger partial charge in [0.2, 0.25) is 0 Å². The first kappa shape index (κ1) is 18.1. The Kier molecular flexibility index (Phi) is 8.83. The van der Waals surface area contributed by atoms with Crippen LogP contribution in [-0.2, 0) is 4.74 Å². The van der Waals surface area contributed by atoms with Gasteiger partial charge in [0.1, 0.15) is 17.6 Å². The molecule has 0 spiro atoms. The zero-order valence-corrected chi connectivity index (χ0v) is 13.9. The first-order chi connectivity index (χ1) is 10.7. The van der Waals surface area contributed by atoms with Gasteiger partial charge < -0.3 is 24.8 Å². The molecule has 124 valence electrons. The van der Waals surface area contributed by atoms with Crippen LogP contribution >= 0.6 is 0 Å². The summed E-state index contributed by atoms with van der Waals surface area (Å²) in [4.78, 5) is 4.16. The Bertz CT molecular complexity index is 452. The van der Waals surface area contributed by atoms with Crippen molar-refractivity contribution in [2.75, 3.05) is 40.5 Å². The smallest absolute Gasteiger partial charge is 0.191 e. The van der Waals surface area contributed by atoms with Gasteiger partial charge in [-0.3, -0.25) is 4.99 Å². The van der Waals surface area contributed by atoms with Crippen LogP contribution in [0.4, 0.5) is 0 Å². The van der Waals surface area contributed by atoms with Crippen LogP contribution < -0.4 is 20.1 Å². The number of methoxy groups -OCH3 is 1. The van der Waals surface area contributed by atoms with Crippen LogP contribution in [0.2, 0.25) is 0 Å². The van der Waals surface area contributed by atoms with Crippen molar-refractivity contribution in [1.82, 2.24) is 10.6 Å². The van der Waals surface area contributed by atoms with E-state index in [1.165, 1.54) is 0 Å². The van der Waals surface area contributed by atoms with Crippen molar-refractivity contribution in [2.45, 2.75) is 20.0 Å². The molecule has 0 fully saturated rings. The van der Waals surface area contributed by atoms with E-state index in [9.17, 15) is 0 Å². The van der Waals surface area contributed by atoms with E-state index in [0.29, 0.717) is 13.2 Å². The SMILES string of the molecule is CCOCCNC(=NC)NCC(C)Oc1cccc(OC)c1. The van der Waals surface area contributed by atoms with Crippen LogP contribution in [0.1, 0.15) is 13.8 Å². The highest BCUT2D eigenvalue weighted by atomic mass is 16.5. The quantitative estimate of drug-likeness (QED) is 0.413. The normalized spacial score (nSPS) is 12.6. The Balaban J connectivity index is 2.32. The molecular weight excluding hydrogens is 282 g/mol. The van der Waals surface area contributed by atoms with Crippen LogP contribution in [0.3, 0.4) is 0 Å². The zero-order chi connectivity index (χ0) is 16.2. The Morgan fingerprint density at radius 1 is 1.27 bits per heavy atom. The molecule has 6 heteroatoms. The minimum Gasteiger partial charge on any atom is -0.497 e. The molecule has 1 atom stereocenters. The predicted molar refractivity (Wildman–Crippen MR) is 88.9 cm³/mol. The molecule has 0 radical (unpaired) electrons. The molecule has 6 nitrogen and oxygen atoms in total. The molecule has 0 saturated carbocycles. The van der Waals surface area contributed by atoms with Gasteiger partial charge in [-0.2, -0.15) is 0 Å². The van der Waals surface area contributed by atoms with E-state index in [-0.39, 0.29) is 6.10 Å². The van der Waals surface area contributed by atoms with Crippen LogP contribution in [0.5, 0.6) is 11.5 Å². The second-order valence-corrected chi connectivity index (χ2v) is 4.68. The highest BCUT2D eigenvalue weighted by Crippen LogP contribution is 2.19. The van der Waals surface area contributed by atoms with E-state index in [4.69, 9.17) is 14.2 Å². The van der Waals surface area contributed by atoms with Gasteiger partial charge in [-0.1, -0.05) is 6.07 Å². The van der Waals surface area contributed by atoms with Gasteiger partial charge in [-0.25, -0.2) is 0 Å². The molecule has 1 rings (SSSR count). The highest BCUT2D eigenvalue weighted by molar-refractivity contribution is 5.79. The predicted octanol–water partition coefficient (Wildman–Crippen LogP) is 1.66. The van der Waals surface area contributed by atoms with Crippen LogP contribution in [0, 0.1) is 0 Å². The monoisotopic (exact) mass is 309 g/mol. The highest BCUT2D eigenvalue weighted by Gasteiger charge is 2.06. The fraction of sp³-hybridized carbons (Fsp3) is 0.562. The molecule has 1 aromatic rings. The van der Waals surface area contributed by atoms with E-state index in [0.717, 1.165) is 30.6 Å². The number of ether oxygens (including phenoxy) is 3. The average molecular weight is 309 g/mol. The summed E-state index contributed by atoms with van der Waals surface area (Å²) < 4.78 is 16.3. The van der Waals surface area contributed by atoms with E-state index in [2.05, 4.69) is 15.6 Å². The van der Waals surface area contributed by atoms with Crippen molar-refractivity contribution in [3.05, 3.63) is 24.3 Å². The van der Waals surface area contributed by atoms with Gasteiger partial charge in [0.25, 0.3) is 0 Å². The lowest BCUT2D eigenvalue weighted by atomic mass is 10.3. The number of nitrogens with zero attached hydrogens (tertiary/aromatic N) is 1. The third-order valence-electron chi connectivity index (χ3n) is 2.90. The van der Waals surface area contributed by atoms with Gasteiger partial charge in [0, 0.05) is 26.3 Å². The summed E-state index contributed by atoms with van der Waals surface area (Å²) in [7, 11) is 3.38. The third kappa shape index (κ3) is 7.17. The molecule has 0 aliphatic carbocycles. The van der Waals surface area contributed by atoms with Gasteiger partial charge in [-0.05, 0) is 26.0 Å². The van der Waals surface area contributed by atoms with Crippen LogP contribution in [0.15, 0.2) is 29.3 Å². The fourth-order valence-corrected chi connectivity index (χ4v) is 1.80. The first-order valence-corrected chi connectivity index (χ1v) is 7.52. The van der Waals surface area contributed by atoms with E-state index >= 15 is 0 Å². The molecule has 1 unspecified atom stereocenters. The van der Waals surface area contributed by atoms with Crippen LogP contribution in [0.25, 0.3) is 0 Å². The Morgan fingerprint density at radius 3 is 2.73 bits per heavy atom. The molecule has 0 saturated heterocycles. The summed E-state index contributed by atoms with van der Waals surface area (Å²) in [6.45, 7) is 6.72. The van der Waals surface area contributed by atoms with Crippen molar-refractivity contribution >= 4 is 5.96 Å². The standard InChI is InChI=1S/C16H27N3O3/c1-5-21-10-9-18-16(17-3)19-12-13(2)22-15-8-6-7-14(11-15)20-4/h6-8,11,13H,5,9-10,12H2,1-4H3,(H2,17,18,19). The second-order valence-electron chi connectivity index (χ2n) is 4.68. The Hall–Kier alpha value is -1.95. The van der Waals surface area contributed by atoms with Gasteiger partial charge in [0.05, 0.1) is 20.3 Å². The lowest BCUT2D eigenvalue weighted by Crippen LogP contribution is -2.42. The maximum absolute atomic E-state index is 5.84. The van der Waals surface area contributed by atoms with Gasteiger partial charge >= 0.3 is 0 Å². The lowest BCUT2D eigenvalue weighted by Gasteiger charge is -2.18. The van der Waals surface area contributed by atoms with Crippen molar-refractivity contribution in [2.24, 2.45) is 4.99 Å². The van der Waals surface area contributed by atoms with Gasteiger partial charge in [-0.15, -0.1) is 0 Å². The van der Waals surface area contributed by atoms with E-state index in [1.807, 2.05) is 38.1 Å². The molecule has 0 heterocycles. The molecule has 2 N–H and O–H groups in total. The largest absolute Gasteiger partial charge is 0.497 e. The summed E-state index contributed by atoms with van der Waals surface area (Å²) in [5.41, 5.74) is 0. The zero-order valence-electron chi connectivity index (χ0n) is 13.9. The third-order valence-corrected chi connectivity index (χ3v) is 2.90. The molecular formula is C16H27N3O3. The van der Waals surface area contributed by atoms with Crippen molar-refractivity contribution < 1.29 is 14.2 Å². The molecule has 0 bridgehead atoms. The van der Waals surface area contributed by atoms with Crippen molar-refractivity contribution in [3.63, 3.8) is 0 Å². The summed E-state index contributed by atoms with van der Waals surface area (Å²) >= 11 is 0. The number of aliphatic imine (C=N–C) groups is 1. The van der Waals surface area contributed by atoms with Crippen molar-refractivity contribution in [1.29, 1.82) is 0 Å². The lowest BCUT2D eigenvalue weighted by molar-refractivity contribution is 0.152. The minimum atomic E-state index is -0.00227. The molecule has 1 aromatic carbocycles. The number of nitrogens with one attached hydrogen (secondary N) is 2. The number of rotatable bonds is 9. The topological polar surface area (TPSA) is 64.1 Å². The minimum absolute atomic E-state index is 0.00227. The number of hydrogen-bond donors (Lipinski definition) is 2. The molecule has 0 aliphatic heterocycles. The molecule has 22 heavy (non-hydrogen) atoms. The summed E-state index contributed by atoms with van der Waals surface area (Å²) in [6, 6.07) is 7.57. The van der Waals surface area contributed by atoms with Gasteiger partial charge in [0.15, 0.2) is 5.96 Å².